The molecule has 9 rings (SSSR count). The molecule has 0 radical (unpaired) electrons. The summed E-state index contributed by atoms with van der Waals surface area (Å²) in [4.78, 5) is 15.1. The number of hydrogen-bond acceptors (Lipinski definition) is 4. The minimum Gasteiger partial charge on any atom is -0.455 e. The Bertz CT molecular complexity index is 2580. The van der Waals surface area contributed by atoms with Crippen molar-refractivity contribution in [2.75, 3.05) is 0 Å². The first-order valence-electron chi connectivity index (χ1n) is 16.4. The highest BCUT2D eigenvalue weighted by Gasteiger charge is 2.18. The van der Waals surface area contributed by atoms with Gasteiger partial charge in [-0.3, -0.25) is 0 Å². The molecule has 0 aliphatic carbocycles. The molecule has 230 valence electrons. The fourth-order valence-corrected chi connectivity index (χ4v) is 6.47. The molecule has 2 heterocycles. The molecule has 49 heavy (non-hydrogen) atoms. The van der Waals surface area contributed by atoms with Crippen molar-refractivity contribution in [1.82, 2.24) is 15.0 Å². The molecule has 9 aromatic rings. The summed E-state index contributed by atoms with van der Waals surface area (Å²) in [5.41, 5.74) is 11.1. The molecule has 0 saturated heterocycles. The van der Waals surface area contributed by atoms with Crippen LogP contribution < -0.4 is 0 Å². The average molecular weight is 628 g/mol. The summed E-state index contributed by atoms with van der Waals surface area (Å²) in [5, 5.41) is 2.06. The minimum atomic E-state index is 0.604. The minimum absolute atomic E-state index is 0.604. The Labute approximate surface area is 284 Å². The van der Waals surface area contributed by atoms with E-state index in [1.165, 1.54) is 0 Å². The maximum Gasteiger partial charge on any atom is 0.164 e. The summed E-state index contributed by atoms with van der Waals surface area (Å²) < 4.78 is 6.61. The molecule has 4 nitrogen and oxygen atoms in total. The van der Waals surface area contributed by atoms with E-state index in [1.807, 2.05) is 60.7 Å². The Kier molecular flexibility index (Phi) is 7.10. The number of aromatic nitrogens is 3. The van der Waals surface area contributed by atoms with E-state index in [-0.39, 0.29) is 0 Å². The molecular formula is C45H29N3O. The SMILES string of the molecule is c1ccc(-c2cccc(-c3nc(-c4ccccc4)nc(-c4ccc5oc6c(-c7ccccc7)cc(-c7ccccc7)cc6c5c4)n3)c2)cc1. The molecule has 0 saturated carbocycles. The van der Waals surface area contributed by atoms with Gasteiger partial charge in [-0.05, 0) is 64.2 Å². The van der Waals surface area contributed by atoms with Gasteiger partial charge in [0.25, 0.3) is 0 Å². The van der Waals surface area contributed by atoms with Crippen molar-refractivity contribution in [3.8, 4) is 67.5 Å². The van der Waals surface area contributed by atoms with E-state index in [0.717, 1.165) is 72.0 Å². The van der Waals surface area contributed by atoms with Crippen molar-refractivity contribution in [1.29, 1.82) is 0 Å². The van der Waals surface area contributed by atoms with Crippen molar-refractivity contribution in [3.63, 3.8) is 0 Å². The van der Waals surface area contributed by atoms with Crippen LogP contribution in [-0.4, -0.2) is 15.0 Å². The van der Waals surface area contributed by atoms with Crippen molar-refractivity contribution in [3.05, 3.63) is 176 Å². The van der Waals surface area contributed by atoms with Crippen LogP contribution in [0.2, 0.25) is 0 Å². The van der Waals surface area contributed by atoms with Gasteiger partial charge in [0, 0.05) is 33.0 Å². The lowest BCUT2D eigenvalue weighted by Gasteiger charge is -2.10. The van der Waals surface area contributed by atoms with Gasteiger partial charge in [0.05, 0.1) is 0 Å². The topological polar surface area (TPSA) is 51.8 Å². The van der Waals surface area contributed by atoms with Crippen molar-refractivity contribution in [2.24, 2.45) is 0 Å². The van der Waals surface area contributed by atoms with Crippen LogP contribution in [0.4, 0.5) is 0 Å². The second-order valence-electron chi connectivity index (χ2n) is 12.1. The lowest BCUT2D eigenvalue weighted by molar-refractivity contribution is 0.670. The van der Waals surface area contributed by atoms with Crippen LogP contribution in [0, 0.1) is 0 Å². The van der Waals surface area contributed by atoms with Gasteiger partial charge in [-0.2, -0.15) is 0 Å². The fourth-order valence-electron chi connectivity index (χ4n) is 6.47. The zero-order valence-corrected chi connectivity index (χ0v) is 26.5. The van der Waals surface area contributed by atoms with Gasteiger partial charge in [-0.1, -0.05) is 140 Å². The van der Waals surface area contributed by atoms with Gasteiger partial charge in [-0.25, -0.2) is 15.0 Å². The van der Waals surface area contributed by atoms with Crippen molar-refractivity contribution < 1.29 is 4.42 Å². The predicted octanol–water partition coefficient (Wildman–Crippen LogP) is 11.8. The van der Waals surface area contributed by atoms with Gasteiger partial charge in [-0.15, -0.1) is 0 Å². The van der Waals surface area contributed by atoms with Gasteiger partial charge in [0.15, 0.2) is 17.5 Å². The smallest absolute Gasteiger partial charge is 0.164 e. The maximum absolute atomic E-state index is 6.61. The summed E-state index contributed by atoms with van der Waals surface area (Å²) in [5.74, 6) is 1.85. The molecule has 0 fully saturated rings. The lowest BCUT2D eigenvalue weighted by Crippen LogP contribution is -2.00. The summed E-state index contributed by atoms with van der Waals surface area (Å²) in [6.07, 6.45) is 0. The lowest BCUT2D eigenvalue weighted by atomic mass is 9.95. The highest BCUT2D eigenvalue weighted by atomic mass is 16.3. The van der Waals surface area contributed by atoms with Crippen LogP contribution >= 0.6 is 0 Å². The zero-order valence-electron chi connectivity index (χ0n) is 26.5. The van der Waals surface area contributed by atoms with Gasteiger partial charge >= 0.3 is 0 Å². The summed E-state index contributed by atoms with van der Waals surface area (Å²) in [6.45, 7) is 0. The predicted molar refractivity (Wildman–Crippen MR) is 200 cm³/mol. The molecule has 0 amide bonds. The van der Waals surface area contributed by atoms with E-state index >= 15 is 0 Å². The Morgan fingerprint density at radius 3 is 1.41 bits per heavy atom. The monoisotopic (exact) mass is 627 g/mol. The van der Waals surface area contributed by atoms with Gasteiger partial charge < -0.3 is 4.42 Å². The second kappa shape index (κ2) is 12.2. The fraction of sp³-hybridized carbons (Fsp3) is 0. The van der Waals surface area contributed by atoms with E-state index in [1.54, 1.807) is 0 Å². The molecule has 2 aromatic heterocycles. The molecule has 4 heteroatoms. The Hall–Kier alpha value is -6.65. The summed E-state index contributed by atoms with van der Waals surface area (Å²) >= 11 is 0. The molecule has 0 aliphatic heterocycles. The Balaban J connectivity index is 1.24. The number of benzene rings is 7. The van der Waals surface area contributed by atoms with E-state index in [9.17, 15) is 0 Å². The van der Waals surface area contributed by atoms with Crippen LogP contribution in [0.15, 0.2) is 180 Å². The third kappa shape index (κ3) is 5.45. The van der Waals surface area contributed by atoms with E-state index < -0.39 is 0 Å². The van der Waals surface area contributed by atoms with Crippen LogP contribution in [0.3, 0.4) is 0 Å². The largest absolute Gasteiger partial charge is 0.455 e. The van der Waals surface area contributed by atoms with E-state index in [0.29, 0.717) is 17.5 Å². The maximum atomic E-state index is 6.61. The van der Waals surface area contributed by atoms with Crippen molar-refractivity contribution >= 4 is 21.9 Å². The third-order valence-corrected chi connectivity index (χ3v) is 8.92. The molecule has 7 aromatic carbocycles. The Morgan fingerprint density at radius 1 is 0.306 bits per heavy atom. The third-order valence-electron chi connectivity index (χ3n) is 8.92. The highest BCUT2D eigenvalue weighted by molar-refractivity contribution is 6.12. The van der Waals surface area contributed by atoms with Crippen molar-refractivity contribution in [2.45, 2.75) is 0 Å². The second-order valence-corrected chi connectivity index (χ2v) is 12.1. The number of fused-ring (bicyclic) bond motifs is 3. The van der Waals surface area contributed by atoms with Gasteiger partial charge in [0.2, 0.25) is 0 Å². The molecule has 0 atom stereocenters. The van der Waals surface area contributed by atoms with Crippen LogP contribution in [-0.2, 0) is 0 Å². The first-order chi connectivity index (χ1) is 24.3. The standard InChI is InChI=1S/C45H29N3O/c1-5-14-30(15-6-1)34-22-13-23-35(26-34)44-46-43(33-20-11-4-12-21-33)47-45(48-44)36-24-25-41-39(27-36)40-29-37(31-16-7-2-8-17-31)28-38(42(40)49-41)32-18-9-3-10-19-32/h1-29H. The number of rotatable bonds is 6. The van der Waals surface area contributed by atoms with Crippen LogP contribution in [0.25, 0.3) is 89.5 Å². The molecule has 0 N–H and O–H groups in total. The molecule has 0 aliphatic rings. The molecule has 0 bridgehead atoms. The van der Waals surface area contributed by atoms with Gasteiger partial charge in [0.1, 0.15) is 11.2 Å². The first-order valence-corrected chi connectivity index (χ1v) is 16.4. The number of hydrogen-bond donors (Lipinski definition) is 0. The summed E-state index contributed by atoms with van der Waals surface area (Å²) in [7, 11) is 0. The average Bonchev–Trinajstić information content (AvgIpc) is 3.57. The van der Waals surface area contributed by atoms with Crippen LogP contribution in [0.1, 0.15) is 0 Å². The zero-order chi connectivity index (χ0) is 32.6. The quantitative estimate of drug-likeness (QED) is 0.184. The molecule has 0 unspecified atom stereocenters. The first kappa shape index (κ1) is 28.6. The highest BCUT2D eigenvalue weighted by Crippen LogP contribution is 2.40. The van der Waals surface area contributed by atoms with E-state index in [2.05, 4.69) is 115 Å². The van der Waals surface area contributed by atoms with E-state index in [4.69, 9.17) is 19.4 Å². The Morgan fingerprint density at radius 2 is 0.776 bits per heavy atom. The van der Waals surface area contributed by atoms with Crippen LogP contribution in [0.5, 0.6) is 0 Å². The molecular weight excluding hydrogens is 599 g/mol. The summed E-state index contributed by atoms with van der Waals surface area (Å²) in [6, 6.07) is 60.4. The number of furan rings is 1. The normalized spacial score (nSPS) is 11.3. The molecule has 0 spiro atoms. The number of nitrogens with zero attached hydrogens (tertiary/aromatic N) is 3.